The summed E-state index contributed by atoms with van der Waals surface area (Å²) in [6, 6.07) is 6.09. The topological polar surface area (TPSA) is 52.6 Å². The first kappa shape index (κ1) is 11.9. The summed E-state index contributed by atoms with van der Waals surface area (Å²) in [6.45, 7) is 6.18. The molecular weight excluding hydrogens is 216 g/mol. The lowest BCUT2D eigenvalue weighted by Gasteiger charge is -2.21. The lowest BCUT2D eigenvalue weighted by molar-refractivity contribution is -0.128. The maximum atomic E-state index is 11.8. The fourth-order valence-electron chi connectivity index (χ4n) is 2.09. The molecule has 1 fully saturated rings. The van der Waals surface area contributed by atoms with E-state index in [2.05, 4.69) is 11.5 Å². The first-order valence-electron chi connectivity index (χ1n) is 5.73. The molecule has 1 aliphatic heterocycles. The molecular formula is C13H18N2O2. The number of hydrogen-bond acceptors (Lipinski definition) is 3. The second-order valence-corrected chi connectivity index (χ2v) is 5.04. The van der Waals surface area contributed by atoms with Crippen LogP contribution < -0.4 is 10.4 Å². The number of aliphatic hydroxyl groups excluding tert-OH is 1. The number of aliphatic hydroxyl groups is 1. The Bertz CT molecular complexity index is 459. The number of benzene rings is 1. The number of nitrogens with zero attached hydrogens (tertiary/aromatic N) is 1. The second kappa shape index (κ2) is 4.04. The van der Waals surface area contributed by atoms with Gasteiger partial charge >= 0.3 is 0 Å². The number of rotatable bonds is 2. The van der Waals surface area contributed by atoms with Crippen molar-refractivity contribution in [1.29, 1.82) is 0 Å². The van der Waals surface area contributed by atoms with Crippen LogP contribution in [0.5, 0.6) is 0 Å². The van der Waals surface area contributed by atoms with Crippen molar-refractivity contribution in [3.63, 3.8) is 0 Å². The lowest BCUT2D eigenvalue weighted by atomic mass is 9.92. The molecule has 0 aliphatic carbocycles. The molecule has 92 valence electrons. The maximum Gasteiger partial charge on any atom is 0.248 e. The van der Waals surface area contributed by atoms with Gasteiger partial charge in [0.25, 0.3) is 0 Å². The minimum atomic E-state index is -0.711. The van der Waals surface area contributed by atoms with E-state index in [4.69, 9.17) is 0 Å². The van der Waals surface area contributed by atoms with Crippen molar-refractivity contribution < 1.29 is 9.90 Å². The normalized spacial score (nSPS) is 24.0. The van der Waals surface area contributed by atoms with Gasteiger partial charge in [0.05, 0.1) is 24.3 Å². The van der Waals surface area contributed by atoms with Gasteiger partial charge in [-0.1, -0.05) is 17.7 Å². The van der Waals surface area contributed by atoms with Crippen molar-refractivity contribution in [2.45, 2.75) is 20.8 Å². The maximum absolute atomic E-state index is 11.8. The highest BCUT2D eigenvalue weighted by atomic mass is 16.3. The van der Waals surface area contributed by atoms with Gasteiger partial charge in [0.2, 0.25) is 5.91 Å². The molecule has 1 atom stereocenters. The fourth-order valence-corrected chi connectivity index (χ4v) is 2.09. The number of nitrogens with one attached hydrogen (secondary N) is 1. The number of aryl methyl sites for hydroxylation is 2. The van der Waals surface area contributed by atoms with Gasteiger partial charge in [0.1, 0.15) is 0 Å². The van der Waals surface area contributed by atoms with E-state index in [1.54, 1.807) is 6.92 Å². The zero-order valence-corrected chi connectivity index (χ0v) is 10.4. The van der Waals surface area contributed by atoms with Crippen molar-refractivity contribution >= 4 is 11.6 Å². The molecule has 1 aromatic rings. The smallest absolute Gasteiger partial charge is 0.248 e. The predicted octanol–water partition coefficient (Wildman–Crippen LogP) is 1.15. The number of amides is 1. The van der Waals surface area contributed by atoms with Gasteiger partial charge in [-0.05, 0) is 32.4 Å². The third kappa shape index (κ3) is 2.00. The number of anilines is 1. The molecule has 1 saturated heterocycles. The second-order valence-electron chi connectivity index (χ2n) is 5.04. The molecule has 2 N–H and O–H groups in total. The summed E-state index contributed by atoms with van der Waals surface area (Å²) >= 11 is 0. The molecule has 0 radical (unpaired) electrons. The fraction of sp³-hybridized carbons (Fsp3) is 0.462. The summed E-state index contributed by atoms with van der Waals surface area (Å²) in [4.78, 5) is 11.8. The monoisotopic (exact) mass is 234 g/mol. The Labute approximate surface area is 101 Å². The molecule has 1 unspecified atom stereocenters. The standard InChI is InChI=1S/C13H18N2O2/c1-9-4-5-11(10(2)6-9)15-7-13(3,8-16)12(17)14-15/h4-6,16H,7-8H2,1-3H3,(H,14,17). The van der Waals surface area contributed by atoms with Crippen molar-refractivity contribution in [1.82, 2.24) is 5.43 Å². The first-order valence-corrected chi connectivity index (χ1v) is 5.73. The summed E-state index contributed by atoms with van der Waals surface area (Å²) in [5.74, 6) is -0.125. The van der Waals surface area contributed by atoms with E-state index in [0.717, 1.165) is 11.3 Å². The van der Waals surface area contributed by atoms with Crippen molar-refractivity contribution in [2.24, 2.45) is 5.41 Å². The van der Waals surface area contributed by atoms with Gasteiger partial charge in [0.15, 0.2) is 0 Å². The molecule has 4 heteroatoms. The molecule has 1 aliphatic rings. The zero-order chi connectivity index (χ0) is 12.6. The van der Waals surface area contributed by atoms with E-state index >= 15 is 0 Å². The average molecular weight is 234 g/mol. The van der Waals surface area contributed by atoms with Crippen LogP contribution in [0.25, 0.3) is 0 Å². The van der Waals surface area contributed by atoms with Gasteiger partial charge in [-0.3, -0.25) is 15.2 Å². The zero-order valence-electron chi connectivity index (χ0n) is 10.4. The van der Waals surface area contributed by atoms with Gasteiger partial charge in [-0.25, -0.2) is 0 Å². The molecule has 1 amide bonds. The van der Waals surface area contributed by atoms with Crippen LogP contribution in [0.2, 0.25) is 0 Å². The minimum absolute atomic E-state index is 0.125. The third-order valence-electron chi connectivity index (χ3n) is 3.28. The van der Waals surface area contributed by atoms with Crippen molar-refractivity contribution in [3.8, 4) is 0 Å². The first-order chi connectivity index (χ1) is 7.96. The molecule has 0 bridgehead atoms. The Morgan fingerprint density at radius 3 is 2.71 bits per heavy atom. The summed E-state index contributed by atoms with van der Waals surface area (Å²) in [6.07, 6.45) is 0. The summed E-state index contributed by atoms with van der Waals surface area (Å²) in [5, 5.41) is 11.1. The van der Waals surface area contributed by atoms with E-state index in [1.807, 2.05) is 31.0 Å². The summed E-state index contributed by atoms with van der Waals surface area (Å²) < 4.78 is 0. The van der Waals surface area contributed by atoms with Crippen LogP contribution in [0.3, 0.4) is 0 Å². The largest absolute Gasteiger partial charge is 0.395 e. The molecule has 1 aromatic carbocycles. The van der Waals surface area contributed by atoms with Crippen LogP contribution in [-0.4, -0.2) is 24.2 Å². The Balaban J connectivity index is 2.29. The van der Waals surface area contributed by atoms with Crippen LogP contribution in [0.1, 0.15) is 18.1 Å². The highest BCUT2D eigenvalue weighted by Crippen LogP contribution is 2.29. The van der Waals surface area contributed by atoms with E-state index in [1.165, 1.54) is 5.56 Å². The molecule has 17 heavy (non-hydrogen) atoms. The number of hydrogen-bond donors (Lipinski definition) is 2. The van der Waals surface area contributed by atoms with Crippen LogP contribution in [0.15, 0.2) is 18.2 Å². The summed E-state index contributed by atoms with van der Waals surface area (Å²) in [5.41, 5.74) is 5.40. The van der Waals surface area contributed by atoms with E-state index in [-0.39, 0.29) is 12.5 Å². The third-order valence-corrected chi connectivity index (χ3v) is 3.28. The van der Waals surface area contributed by atoms with Gasteiger partial charge < -0.3 is 5.11 Å². The van der Waals surface area contributed by atoms with Crippen molar-refractivity contribution in [3.05, 3.63) is 29.3 Å². The van der Waals surface area contributed by atoms with Crippen LogP contribution in [0.4, 0.5) is 5.69 Å². The summed E-state index contributed by atoms with van der Waals surface area (Å²) in [7, 11) is 0. The molecule has 0 aromatic heterocycles. The van der Waals surface area contributed by atoms with E-state index < -0.39 is 5.41 Å². The Morgan fingerprint density at radius 2 is 2.18 bits per heavy atom. The Morgan fingerprint density at radius 1 is 1.47 bits per heavy atom. The van der Waals surface area contributed by atoms with Crippen molar-refractivity contribution in [2.75, 3.05) is 18.2 Å². The van der Waals surface area contributed by atoms with Crippen LogP contribution >= 0.6 is 0 Å². The predicted molar refractivity (Wildman–Crippen MR) is 66.6 cm³/mol. The average Bonchev–Trinajstić information content (AvgIpc) is 2.56. The van der Waals surface area contributed by atoms with Gasteiger partial charge in [0, 0.05) is 0 Å². The van der Waals surface area contributed by atoms with Crippen LogP contribution in [-0.2, 0) is 4.79 Å². The Hall–Kier alpha value is -1.55. The quantitative estimate of drug-likeness (QED) is 0.807. The number of carbonyl (C=O) groups excluding carboxylic acids is 1. The lowest BCUT2D eigenvalue weighted by Crippen LogP contribution is -2.34. The SMILES string of the molecule is Cc1ccc(N2CC(C)(CO)C(=O)N2)c(C)c1. The van der Waals surface area contributed by atoms with E-state index in [9.17, 15) is 9.90 Å². The molecule has 1 heterocycles. The molecule has 0 spiro atoms. The number of hydrazine groups is 1. The van der Waals surface area contributed by atoms with Gasteiger partial charge in [-0.2, -0.15) is 0 Å². The van der Waals surface area contributed by atoms with Gasteiger partial charge in [-0.15, -0.1) is 0 Å². The Kier molecular flexibility index (Phi) is 2.83. The molecule has 4 nitrogen and oxygen atoms in total. The van der Waals surface area contributed by atoms with Crippen LogP contribution in [0, 0.1) is 19.3 Å². The molecule has 0 saturated carbocycles. The number of carbonyl (C=O) groups is 1. The van der Waals surface area contributed by atoms with E-state index in [0.29, 0.717) is 6.54 Å². The highest BCUT2D eigenvalue weighted by Gasteiger charge is 2.42. The minimum Gasteiger partial charge on any atom is -0.395 e. The molecule has 2 rings (SSSR count). The highest BCUT2D eigenvalue weighted by molar-refractivity contribution is 5.88.